The highest BCUT2D eigenvalue weighted by Gasteiger charge is 2.15. The number of morpholine rings is 1. The lowest BCUT2D eigenvalue weighted by atomic mass is 10.1. The molecule has 1 amide bonds. The Hall–Kier alpha value is -2.12. The number of hydrogen-bond acceptors (Lipinski definition) is 4. The number of imidazole rings is 1. The van der Waals surface area contributed by atoms with Crippen LogP contribution >= 0.6 is 23.2 Å². The SMILES string of the molecule is O=C(CCn1c(Cc2ccccc2)nc2cc(Cl)c(Cl)cc21)NCCN1CCOCC1. The quantitative estimate of drug-likeness (QED) is 0.555. The summed E-state index contributed by atoms with van der Waals surface area (Å²) in [4.78, 5) is 19.6. The molecule has 0 atom stereocenters. The molecule has 0 aliphatic carbocycles. The molecule has 164 valence electrons. The van der Waals surface area contributed by atoms with E-state index in [0.717, 1.165) is 55.3 Å². The van der Waals surface area contributed by atoms with Crippen molar-refractivity contribution in [3.05, 3.63) is 63.9 Å². The number of halogens is 2. The van der Waals surface area contributed by atoms with E-state index >= 15 is 0 Å². The summed E-state index contributed by atoms with van der Waals surface area (Å²) in [7, 11) is 0. The summed E-state index contributed by atoms with van der Waals surface area (Å²) in [6.07, 6.45) is 1.04. The Balaban J connectivity index is 1.44. The summed E-state index contributed by atoms with van der Waals surface area (Å²) in [6.45, 7) is 5.38. The zero-order valence-electron chi connectivity index (χ0n) is 17.3. The summed E-state index contributed by atoms with van der Waals surface area (Å²) in [5.41, 5.74) is 2.83. The van der Waals surface area contributed by atoms with Gasteiger partial charge in [-0.05, 0) is 17.7 Å². The van der Waals surface area contributed by atoms with Crippen LogP contribution in [0.25, 0.3) is 11.0 Å². The van der Waals surface area contributed by atoms with Crippen molar-refractivity contribution in [2.75, 3.05) is 39.4 Å². The van der Waals surface area contributed by atoms with Crippen molar-refractivity contribution in [2.45, 2.75) is 19.4 Å². The molecule has 2 heterocycles. The number of fused-ring (bicyclic) bond motifs is 1. The fourth-order valence-electron chi connectivity index (χ4n) is 3.81. The number of benzene rings is 2. The second kappa shape index (κ2) is 10.5. The maximum atomic E-state index is 12.5. The van der Waals surface area contributed by atoms with Crippen LogP contribution in [0.3, 0.4) is 0 Å². The Bertz CT molecular complexity index is 1030. The second-order valence-electron chi connectivity index (χ2n) is 7.65. The van der Waals surface area contributed by atoms with Gasteiger partial charge in [-0.25, -0.2) is 4.98 Å². The van der Waals surface area contributed by atoms with Crippen molar-refractivity contribution in [2.24, 2.45) is 0 Å². The molecule has 1 aromatic heterocycles. The molecule has 3 aromatic rings. The lowest BCUT2D eigenvalue weighted by molar-refractivity contribution is -0.121. The number of ether oxygens (including phenoxy) is 1. The van der Waals surface area contributed by atoms with Crippen LogP contribution in [0.1, 0.15) is 17.8 Å². The van der Waals surface area contributed by atoms with Gasteiger partial charge < -0.3 is 14.6 Å². The van der Waals surface area contributed by atoms with Crippen LogP contribution in [-0.2, 0) is 22.5 Å². The summed E-state index contributed by atoms with van der Waals surface area (Å²) in [5.74, 6) is 0.918. The normalized spacial score (nSPS) is 14.8. The van der Waals surface area contributed by atoms with Crippen molar-refractivity contribution in [3.63, 3.8) is 0 Å². The Morgan fingerprint density at radius 2 is 1.81 bits per heavy atom. The second-order valence-corrected chi connectivity index (χ2v) is 8.47. The number of carbonyl (C=O) groups excluding carboxylic acids is 1. The Morgan fingerprint density at radius 3 is 2.58 bits per heavy atom. The molecule has 0 saturated carbocycles. The van der Waals surface area contributed by atoms with Crippen LogP contribution in [0.5, 0.6) is 0 Å². The molecular weight excluding hydrogens is 435 g/mol. The van der Waals surface area contributed by atoms with Gasteiger partial charge >= 0.3 is 0 Å². The molecule has 1 aliphatic rings. The van der Waals surface area contributed by atoms with Crippen LogP contribution in [0.4, 0.5) is 0 Å². The molecule has 8 heteroatoms. The average molecular weight is 461 g/mol. The van der Waals surface area contributed by atoms with Crippen LogP contribution in [0, 0.1) is 0 Å². The number of aryl methyl sites for hydroxylation is 1. The molecule has 6 nitrogen and oxygen atoms in total. The topological polar surface area (TPSA) is 59.4 Å². The van der Waals surface area contributed by atoms with Crippen molar-refractivity contribution in [3.8, 4) is 0 Å². The van der Waals surface area contributed by atoms with Gasteiger partial charge in [0.1, 0.15) is 5.82 Å². The van der Waals surface area contributed by atoms with Gasteiger partial charge in [0.15, 0.2) is 0 Å². The van der Waals surface area contributed by atoms with E-state index in [1.165, 1.54) is 0 Å². The Labute approximate surface area is 192 Å². The number of rotatable bonds is 8. The van der Waals surface area contributed by atoms with Gasteiger partial charge in [-0.1, -0.05) is 53.5 Å². The van der Waals surface area contributed by atoms with E-state index in [1.807, 2.05) is 24.3 Å². The third kappa shape index (κ3) is 5.77. The highest BCUT2D eigenvalue weighted by atomic mass is 35.5. The smallest absolute Gasteiger partial charge is 0.221 e. The van der Waals surface area contributed by atoms with Crippen molar-refractivity contribution in [1.82, 2.24) is 19.8 Å². The van der Waals surface area contributed by atoms with Crippen LogP contribution < -0.4 is 5.32 Å². The van der Waals surface area contributed by atoms with E-state index in [-0.39, 0.29) is 5.91 Å². The zero-order valence-corrected chi connectivity index (χ0v) is 18.8. The van der Waals surface area contributed by atoms with Gasteiger partial charge in [-0.2, -0.15) is 0 Å². The molecular formula is C23H26Cl2N4O2. The van der Waals surface area contributed by atoms with Gasteiger partial charge in [0.05, 0.1) is 34.3 Å². The molecule has 0 spiro atoms. The number of carbonyl (C=O) groups is 1. The first-order chi connectivity index (χ1) is 15.1. The van der Waals surface area contributed by atoms with Crippen LogP contribution in [0.15, 0.2) is 42.5 Å². The van der Waals surface area contributed by atoms with E-state index in [2.05, 4.69) is 26.9 Å². The van der Waals surface area contributed by atoms with Crippen molar-refractivity contribution < 1.29 is 9.53 Å². The van der Waals surface area contributed by atoms with Crippen LogP contribution in [-0.4, -0.2) is 59.8 Å². The highest BCUT2D eigenvalue weighted by molar-refractivity contribution is 6.42. The Morgan fingerprint density at radius 1 is 1.06 bits per heavy atom. The maximum Gasteiger partial charge on any atom is 0.221 e. The minimum Gasteiger partial charge on any atom is -0.379 e. The van der Waals surface area contributed by atoms with E-state index in [9.17, 15) is 4.79 Å². The van der Waals surface area contributed by atoms with Gasteiger partial charge in [-0.15, -0.1) is 0 Å². The van der Waals surface area contributed by atoms with E-state index in [4.69, 9.17) is 32.9 Å². The number of aromatic nitrogens is 2. The van der Waals surface area contributed by atoms with Crippen molar-refractivity contribution >= 4 is 40.1 Å². The molecule has 4 rings (SSSR count). The molecule has 31 heavy (non-hydrogen) atoms. The first-order valence-electron chi connectivity index (χ1n) is 10.5. The fourth-order valence-corrected chi connectivity index (χ4v) is 4.13. The summed E-state index contributed by atoms with van der Waals surface area (Å²) >= 11 is 12.5. The van der Waals surface area contributed by atoms with E-state index < -0.39 is 0 Å². The van der Waals surface area contributed by atoms with Gasteiger partial charge in [0.25, 0.3) is 0 Å². The predicted octanol–water partition coefficient (Wildman–Crippen LogP) is 3.77. The first-order valence-corrected chi connectivity index (χ1v) is 11.3. The lowest BCUT2D eigenvalue weighted by Crippen LogP contribution is -2.41. The third-order valence-electron chi connectivity index (χ3n) is 5.49. The molecule has 1 saturated heterocycles. The van der Waals surface area contributed by atoms with Gasteiger partial charge in [0, 0.05) is 45.6 Å². The first kappa shape index (κ1) is 22.1. The summed E-state index contributed by atoms with van der Waals surface area (Å²) in [5, 5.41) is 3.99. The molecule has 0 unspecified atom stereocenters. The number of amides is 1. The van der Waals surface area contributed by atoms with Crippen molar-refractivity contribution in [1.29, 1.82) is 0 Å². The Kier molecular flexibility index (Phi) is 7.45. The molecule has 1 fully saturated rings. The van der Waals surface area contributed by atoms with Crippen LogP contribution in [0.2, 0.25) is 10.0 Å². The number of nitrogens with zero attached hydrogens (tertiary/aromatic N) is 3. The largest absolute Gasteiger partial charge is 0.379 e. The monoisotopic (exact) mass is 460 g/mol. The molecule has 1 N–H and O–H groups in total. The number of hydrogen-bond donors (Lipinski definition) is 1. The zero-order chi connectivity index (χ0) is 21.6. The summed E-state index contributed by atoms with van der Waals surface area (Å²) in [6, 6.07) is 13.8. The van der Waals surface area contributed by atoms with E-state index in [1.54, 1.807) is 6.07 Å². The minimum absolute atomic E-state index is 0.0285. The number of nitrogens with one attached hydrogen (secondary N) is 1. The van der Waals surface area contributed by atoms with E-state index in [0.29, 0.717) is 36.0 Å². The molecule has 0 radical (unpaired) electrons. The minimum atomic E-state index is 0.0285. The molecule has 1 aliphatic heterocycles. The third-order valence-corrected chi connectivity index (χ3v) is 6.21. The fraction of sp³-hybridized carbons (Fsp3) is 0.391. The summed E-state index contributed by atoms with van der Waals surface area (Å²) < 4.78 is 7.43. The highest BCUT2D eigenvalue weighted by Crippen LogP contribution is 2.29. The molecule has 0 bridgehead atoms. The predicted molar refractivity (Wildman–Crippen MR) is 124 cm³/mol. The van der Waals surface area contributed by atoms with Gasteiger partial charge in [-0.3, -0.25) is 9.69 Å². The molecule has 2 aromatic carbocycles. The lowest BCUT2D eigenvalue weighted by Gasteiger charge is -2.26. The maximum absolute atomic E-state index is 12.5. The average Bonchev–Trinajstić information content (AvgIpc) is 3.09. The standard InChI is InChI=1S/C23H26Cl2N4O2/c24-18-15-20-21(16-19(18)25)29(22(27-20)14-17-4-2-1-3-5-17)8-6-23(30)26-7-9-28-10-12-31-13-11-28/h1-5,15-16H,6-14H2,(H,26,30). The van der Waals surface area contributed by atoms with Gasteiger partial charge in [0.2, 0.25) is 5.91 Å².